The van der Waals surface area contributed by atoms with Crippen LogP contribution in [-0.4, -0.2) is 17.1 Å². The predicted molar refractivity (Wildman–Crippen MR) is 88.3 cm³/mol. The first-order valence-corrected chi connectivity index (χ1v) is 7.94. The third-order valence-electron chi connectivity index (χ3n) is 4.36. The molecule has 0 radical (unpaired) electrons. The molecule has 130 valence electrons. The van der Waals surface area contributed by atoms with E-state index in [-0.39, 0.29) is 24.7 Å². The van der Waals surface area contributed by atoms with E-state index >= 15 is 0 Å². The van der Waals surface area contributed by atoms with Crippen LogP contribution in [0.5, 0.6) is 0 Å². The summed E-state index contributed by atoms with van der Waals surface area (Å²) >= 11 is 0. The number of nitrogens with one attached hydrogen (secondary N) is 1. The minimum absolute atomic E-state index is 0.148. The van der Waals surface area contributed by atoms with E-state index in [1.165, 1.54) is 6.08 Å². The number of halogens is 3. The molecule has 0 aromatic carbocycles. The maximum absolute atomic E-state index is 12.7. The highest BCUT2D eigenvalue weighted by molar-refractivity contribution is 5.98. The van der Waals surface area contributed by atoms with Crippen molar-refractivity contribution in [2.24, 2.45) is 11.8 Å². The Morgan fingerprint density at radius 1 is 1.33 bits per heavy atom. The third kappa shape index (κ3) is 4.94. The summed E-state index contributed by atoms with van der Waals surface area (Å²) in [5, 5.41) is 2.64. The molecule has 1 N–H and O–H groups in total. The molecular weight excluding hydrogens is 317 g/mol. The van der Waals surface area contributed by atoms with E-state index in [0.29, 0.717) is 18.5 Å². The Labute approximate surface area is 139 Å². The first kappa shape index (κ1) is 18.2. The van der Waals surface area contributed by atoms with Crippen LogP contribution in [0.15, 0.2) is 31.0 Å². The molecule has 1 heterocycles. The van der Waals surface area contributed by atoms with E-state index in [0.717, 1.165) is 11.3 Å². The minimum Gasteiger partial charge on any atom is -0.321 e. The smallest absolute Gasteiger partial charge is 0.321 e. The van der Waals surface area contributed by atoms with Crippen LogP contribution < -0.4 is 5.32 Å². The Balaban J connectivity index is 2.00. The molecule has 0 atom stereocenters. The van der Waals surface area contributed by atoms with Crippen LogP contribution in [0.3, 0.4) is 0 Å². The van der Waals surface area contributed by atoms with Gasteiger partial charge >= 0.3 is 6.18 Å². The maximum Gasteiger partial charge on any atom is 0.391 e. The largest absolute Gasteiger partial charge is 0.391 e. The van der Waals surface area contributed by atoms with Crippen LogP contribution in [0.25, 0.3) is 6.08 Å². The summed E-state index contributed by atoms with van der Waals surface area (Å²) in [5.74, 6) is -1.33. The Kier molecular flexibility index (Phi) is 5.80. The SMILES string of the molecule is C=CC(=O)Nc1cnc(C)c(/C=C/C2CCC(C(F)(F)F)CC2)c1. The van der Waals surface area contributed by atoms with Crippen LogP contribution >= 0.6 is 0 Å². The lowest BCUT2D eigenvalue weighted by atomic mass is 9.81. The van der Waals surface area contributed by atoms with Gasteiger partial charge in [-0.05, 0) is 56.2 Å². The fourth-order valence-corrected chi connectivity index (χ4v) is 2.86. The number of carbonyl (C=O) groups is 1. The molecule has 2 rings (SSSR count). The first-order chi connectivity index (χ1) is 11.3. The topological polar surface area (TPSA) is 42.0 Å². The highest BCUT2D eigenvalue weighted by Gasteiger charge is 2.40. The molecule has 0 spiro atoms. The quantitative estimate of drug-likeness (QED) is 0.794. The number of pyridine rings is 1. The number of anilines is 1. The van der Waals surface area contributed by atoms with Gasteiger partial charge in [-0.3, -0.25) is 9.78 Å². The van der Waals surface area contributed by atoms with E-state index < -0.39 is 12.1 Å². The molecule has 0 aliphatic heterocycles. The van der Waals surface area contributed by atoms with E-state index in [9.17, 15) is 18.0 Å². The zero-order valence-electron chi connectivity index (χ0n) is 13.6. The third-order valence-corrected chi connectivity index (χ3v) is 4.36. The van der Waals surface area contributed by atoms with Crippen LogP contribution in [0.1, 0.15) is 36.9 Å². The van der Waals surface area contributed by atoms with Gasteiger partial charge in [0.25, 0.3) is 0 Å². The molecule has 1 aliphatic rings. The predicted octanol–water partition coefficient (Wildman–Crippen LogP) is 4.90. The van der Waals surface area contributed by atoms with Crippen molar-refractivity contribution in [2.45, 2.75) is 38.8 Å². The molecule has 1 aromatic heterocycles. The number of amides is 1. The first-order valence-electron chi connectivity index (χ1n) is 7.94. The molecule has 3 nitrogen and oxygen atoms in total. The lowest BCUT2D eigenvalue weighted by Crippen LogP contribution is -2.27. The molecule has 1 fully saturated rings. The van der Waals surface area contributed by atoms with Gasteiger partial charge in [-0.15, -0.1) is 0 Å². The summed E-state index contributed by atoms with van der Waals surface area (Å²) in [6.45, 7) is 5.24. The van der Waals surface area contributed by atoms with Crippen LogP contribution in [0.2, 0.25) is 0 Å². The van der Waals surface area contributed by atoms with Crippen LogP contribution in [0.4, 0.5) is 18.9 Å². The van der Waals surface area contributed by atoms with Crippen molar-refractivity contribution in [3.8, 4) is 0 Å². The van der Waals surface area contributed by atoms with Crippen molar-refractivity contribution in [1.29, 1.82) is 0 Å². The van der Waals surface area contributed by atoms with Crippen LogP contribution in [0, 0.1) is 18.8 Å². The zero-order valence-corrected chi connectivity index (χ0v) is 13.6. The van der Waals surface area contributed by atoms with Gasteiger partial charge in [-0.25, -0.2) is 0 Å². The number of hydrogen-bond donors (Lipinski definition) is 1. The van der Waals surface area contributed by atoms with Crippen molar-refractivity contribution in [3.63, 3.8) is 0 Å². The summed E-state index contributed by atoms with van der Waals surface area (Å²) in [7, 11) is 0. The second kappa shape index (κ2) is 7.64. The average Bonchev–Trinajstić information content (AvgIpc) is 2.54. The van der Waals surface area contributed by atoms with Crippen molar-refractivity contribution in [3.05, 3.63) is 42.3 Å². The number of aryl methyl sites for hydroxylation is 1. The van der Waals surface area contributed by atoms with Gasteiger partial charge < -0.3 is 5.32 Å². The van der Waals surface area contributed by atoms with Gasteiger partial charge in [0.15, 0.2) is 0 Å². The second-order valence-electron chi connectivity index (χ2n) is 6.10. The van der Waals surface area contributed by atoms with E-state index in [1.807, 2.05) is 19.1 Å². The number of aromatic nitrogens is 1. The number of hydrogen-bond acceptors (Lipinski definition) is 2. The maximum atomic E-state index is 12.7. The molecule has 6 heteroatoms. The number of allylic oxidation sites excluding steroid dienone is 1. The monoisotopic (exact) mass is 338 g/mol. The zero-order chi connectivity index (χ0) is 17.7. The highest BCUT2D eigenvalue weighted by Crippen LogP contribution is 2.40. The van der Waals surface area contributed by atoms with Crippen molar-refractivity contribution >= 4 is 17.7 Å². The van der Waals surface area contributed by atoms with Crippen molar-refractivity contribution in [1.82, 2.24) is 4.98 Å². The Morgan fingerprint density at radius 3 is 2.58 bits per heavy atom. The molecule has 1 saturated carbocycles. The second-order valence-corrected chi connectivity index (χ2v) is 6.10. The molecule has 0 saturated heterocycles. The molecule has 1 aliphatic carbocycles. The minimum atomic E-state index is -4.08. The molecule has 0 unspecified atom stereocenters. The summed E-state index contributed by atoms with van der Waals surface area (Å²) in [4.78, 5) is 15.6. The van der Waals surface area contributed by atoms with Crippen LogP contribution in [-0.2, 0) is 4.79 Å². The van der Waals surface area contributed by atoms with E-state index in [4.69, 9.17) is 0 Å². The van der Waals surface area contributed by atoms with Gasteiger partial charge in [-0.2, -0.15) is 13.2 Å². The standard InChI is InChI=1S/C18H21F3N2O/c1-3-17(24)23-16-10-14(12(2)22-11-16)7-4-13-5-8-15(9-6-13)18(19,20)21/h3-4,7,10-11,13,15H,1,5-6,8-9H2,2H3,(H,23,24)/b7-4+. The Morgan fingerprint density at radius 2 is 2.00 bits per heavy atom. The Hall–Kier alpha value is -2.11. The summed E-state index contributed by atoms with van der Waals surface area (Å²) in [6, 6.07) is 1.79. The van der Waals surface area contributed by atoms with Gasteiger partial charge in [-0.1, -0.05) is 18.7 Å². The lowest BCUT2D eigenvalue weighted by Gasteiger charge is -2.28. The molecular formula is C18H21F3N2O. The molecule has 1 aromatic rings. The van der Waals surface area contributed by atoms with E-state index in [2.05, 4.69) is 16.9 Å². The molecule has 0 bridgehead atoms. The average molecular weight is 338 g/mol. The number of carbonyl (C=O) groups excluding carboxylic acids is 1. The molecule has 24 heavy (non-hydrogen) atoms. The normalized spacial score (nSPS) is 21.7. The fraction of sp³-hybridized carbons (Fsp3) is 0.444. The number of nitrogens with zero attached hydrogens (tertiary/aromatic N) is 1. The molecule has 1 amide bonds. The highest BCUT2D eigenvalue weighted by atomic mass is 19.4. The number of alkyl halides is 3. The van der Waals surface area contributed by atoms with Gasteiger partial charge in [0.2, 0.25) is 5.91 Å². The van der Waals surface area contributed by atoms with Crippen molar-refractivity contribution < 1.29 is 18.0 Å². The van der Waals surface area contributed by atoms with Gasteiger partial charge in [0.05, 0.1) is 17.8 Å². The van der Waals surface area contributed by atoms with Gasteiger partial charge in [0, 0.05) is 5.69 Å². The van der Waals surface area contributed by atoms with Gasteiger partial charge in [0.1, 0.15) is 0 Å². The lowest BCUT2D eigenvalue weighted by molar-refractivity contribution is -0.183. The summed E-state index contributed by atoms with van der Waals surface area (Å²) < 4.78 is 38.0. The van der Waals surface area contributed by atoms with E-state index in [1.54, 1.807) is 12.3 Å². The fourth-order valence-electron chi connectivity index (χ4n) is 2.86. The summed E-state index contributed by atoms with van der Waals surface area (Å²) in [6.07, 6.45) is 3.95. The van der Waals surface area contributed by atoms with Crippen molar-refractivity contribution in [2.75, 3.05) is 5.32 Å². The number of rotatable bonds is 4. The summed E-state index contributed by atoms with van der Waals surface area (Å²) in [5.41, 5.74) is 2.20. The Bertz CT molecular complexity index is 630.